The lowest BCUT2D eigenvalue weighted by atomic mass is 10.1. The molecule has 0 unspecified atom stereocenters. The van der Waals surface area contributed by atoms with Crippen LogP contribution in [0.4, 0.5) is 5.69 Å². The van der Waals surface area contributed by atoms with Gasteiger partial charge in [-0.1, -0.05) is 18.2 Å². The number of hydrogen-bond donors (Lipinski definition) is 1. The molecule has 0 aliphatic heterocycles. The molecule has 0 aromatic heterocycles. The molecule has 0 radical (unpaired) electrons. The lowest BCUT2D eigenvalue weighted by Crippen LogP contribution is -2.31. The Morgan fingerprint density at radius 3 is 2.48 bits per heavy atom. The van der Waals surface area contributed by atoms with Gasteiger partial charge < -0.3 is 19.7 Å². The number of benzene rings is 2. The Morgan fingerprint density at radius 2 is 1.81 bits per heavy atom. The van der Waals surface area contributed by atoms with Gasteiger partial charge in [0.25, 0.3) is 5.91 Å². The van der Waals surface area contributed by atoms with Crippen molar-refractivity contribution in [1.29, 1.82) is 0 Å². The zero-order chi connectivity index (χ0) is 19.6. The Labute approximate surface area is 160 Å². The average molecular weight is 370 g/mol. The molecule has 0 bridgehead atoms. The van der Waals surface area contributed by atoms with Gasteiger partial charge in [-0.2, -0.15) is 0 Å². The molecular formula is C21H26N2O4. The number of hydrogen-bond acceptors (Lipinski definition) is 5. The van der Waals surface area contributed by atoms with Gasteiger partial charge in [0.05, 0.1) is 7.11 Å². The number of ketones is 1. The van der Waals surface area contributed by atoms with Crippen LogP contribution in [0.3, 0.4) is 0 Å². The van der Waals surface area contributed by atoms with Gasteiger partial charge in [-0.25, -0.2) is 0 Å². The maximum atomic E-state index is 12.0. The second kappa shape index (κ2) is 10.2. The van der Waals surface area contributed by atoms with Crippen LogP contribution in [0.15, 0.2) is 48.5 Å². The lowest BCUT2D eigenvalue weighted by molar-refractivity contribution is -0.123. The highest BCUT2D eigenvalue weighted by Crippen LogP contribution is 2.28. The van der Waals surface area contributed by atoms with E-state index in [2.05, 4.69) is 22.3 Å². The third-order valence-corrected chi connectivity index (χ3v) is 4.12. The number of amides is 1. The molecule has 6 nitrogen and oxygen atoms in total. The van der Waals surface area contributed by atoms with Gasteiger partial charge in [0.15, 0.2) is 23.9 Å². The molecule has 6 heteroatoms. The predicted molar refractivity (Wildman–Crippen MR) is 106 cm³/mol. The van der Waals surface area contributed by atoms with E-state index < -0.39 is 0 Å². The van der Waals surface area contributed by atoms with Crippen LogP contribution in [-0.4, -0.2) is 45.5 Å². The Morgan fingerprint density at radius 1 is 1.07 bits per heavy atom. The fraction of sp³-hybridized carbons (Fsp3) is 0.333. The van der Waals surface area contributed by atoms with Crippen molar-refractivity contribution < 1.29 is 19.1 Å². The number of para-hydroxylation sites is 1. The zero-order valence-corrected chi connectivity index (χ0v) is 16.0. The summed E-state index contributed by atoms with van der Waals surface area (Å²) in [6.07, 6.45) is 0.827. The van der Waals surface area contributed by atoms with E-state index in [9.17, 15) is 9.59 Å². The summed E-state index contributed by atoms with van der Waals surface area (Å²) < 4.78 is 10.7. The van der Waals surface area contributed by atoms with Gasteiger partial charge in [0.2, 0.25) is 0 Å². The smallest absolute Gasteiger partial charge is 0.257 e. The summed E-state index contributed by atoms with van der Waals surface area (Å²) in [6, 6.07) is 15.0. The first kappa shape index (κ1) is 20.3. The number of ether oxygens (including phenoxy) is 2. The fourth-order valence-corrected chi connectivity index (χ4v) is 2.56. The number of carbonyl (C=O) groups excluding carboxylic acids is 2. The molecule has 144 valence electrons. The molecule has 0 spiro atoms. The molecule has 0 saturated carbocycles. The molecule has 1 N–H and O–H groups in total. The van der Waals surface area contributed by atoms with Gasteiger partial charge in [-0.15, -0.1) is 0 Å². The number of nitrogens with zero attached hydrogens (tertiary/aromatic N) is 1. The van der Waals surface area contributed by atoms with Crippen LogP contribution in [0.25, 0.3) is 0 Å². The fourth-order valence-electron chi connectivity index (χ4n) is 2.56. The number of methoxy groups -OCH3 is 1. The second-order valence-electron chi connectivity index (χ2n) is 6.17. The summed E-state index contributed by atoms with van der Waals surface area (Å²) >= 11 is 0. The number of rotatable bonds is 10. The van der Waals surface area contributed by atoms with Gasteiger partial charge in [0.1, 0.15) is 0 Å². The number of nitrogens with one attached hydrogen (secondary N) is 1. The first-order valence-electron chi connectivity index (χ1n) is 8.86. The molecule has 0 fully saturated rings. The zero-order valence-electron chi connectivity index (χ0n) is 16.0. The van der Waals surface area contributed by atoms with E-state index in [1.54, 1.807) is 18.2 Å². The van der Waals surface area contributed by atoms with Crippen LogP contribution in [0.1, 0.15) is 23.7 Å². The summed E-state index contributed by atoms with van der Waals surface area (Å²) in [5, 5.41) is 2.84. The third kappa shape index (κ3) is 6.33. The van der Waals surface area contributed by atoms with Crippen molar-refractivity contribution in [2.75, 3.05) is 38.8 Å². The normalized spacial score (nSPS) is 10.2. The molecule has 2 aromatic carbocycles. The largest absolute Gasteiger partial charge is 0.493 e. The lowest BCUT2D eigenvalue weighted by Gasteiger charge is -2.19. The van der Waals surface area contributed by atoms with Crippen molar-refractivity contribution in [2.24, 2.45) is 0 Å². The summed E-state index contributed by atoms with van der Waals surface area (Å²) in [6.45, 7) is 2.79. The molecule has 1 amide bonds. The number of anilines is 1. The minimum atomic E-state index is -0.199. The minimum absolute atomic E-state index is 0.0573. The SMILES string of the molecule is COc1cc(C(C)=O)ccc1OCC(=O)NCCCN(C)c1ccccc1. The molecule has 2 rings (SSSR count). The summed E-state index contributed by atoms with van der Waals surface area (Å²) in [4.78, 5) is 25.5. The third-order valence-electron chi connectivity index (χ3n) is 4.12. The molecule has 0 saturated heterocycles. The van der Waals surface area contributed by atoms with Crippen molar-refractivity contribution in [3.05, 3.63) is 54.1 Å². The van der Waals surface area contributed by atoms with E-state index >= 15 is 0 Å². The maximum absolute atomic E-state index is 12.0. The predicted octanol–water partition coefficient (Wildman–Crippen LogP) is 2.92. The molecule has 27 heavy (non-hydrogen) atoms. The summed E-state index contributed by atoms with van der Waals surface area (Å²) in [5.74, 6) is 0.606. The highest BCUT2D eigenvalue weighted by atomic mass is 16.5. The monoisotopic (exact) mass is 370 g/mol. The standard InChI is InChI=1S/C21H26N2O4/c1-16(24)17-10-11-19(20(14-17)26-3)27-15-21(25)22-12-7-13-23(2)18-8-5-4-6-9-18/h4-6,8-11,14H,7,12-13,15H2,1-3H3,(H,22,25). The van der Waals surface area contributed by atoms with Gasteiger partial charge in [-0.3, -0.25) is 9.59 Å². The van der Waals surface area contributed by atoms with Crippen LogP contribution < -0.4 is 19.7 Å². The Hall–Kier alpha value is -3.02. The number of carbonyl (C=O) groups is 2. The Kier molecular flexibility index (Phi) is 7.67. The van der Waals surface area contributed by atoms with Crippen molar-refractivity contribution in [3.63, 3.8) is 0 Å². The average Bonchev–Trinajstić information content (AvgIpc) is 2.69. The van der Waals surface area contributed by atoms with E-state index in [0.29, 0.717) is 23.6 Å². The molecule has 0 atom stereocenters. The molecule has 0 aliphatic carbocycles. The summed E-state index contributed by atoms with van der Waals surface area (Å²) in [7, 11) is 3.52. The van der Waals surface area contributed by atoms with Crippen LogP contribution in [-0.2, 0) is 4.79 Å². The van der Waals surface area contributed by atoms with Gasteiger partial charge >= 0.3 is 0 Å². The topological polar surface area (TPSA) is 67.9 Å². The van der Waals surface area contributed by atoms with E-state index in [-0.39, 0.29) is 18.3 Å². The minimum Gasteiger partial charge on any atom is -0.493 e. The molecule has 0 aliphatic rings. The van der Waals surface area contributed by atoms with E-state index in [1.807, 2.05) is 25.2 Å². The quantitative estimate of drug-likeness (QED) is 0.514. The van der Waals surface area contributed by atoms with E-state index in [0.717, 1.165) is 18.7 Å². The first-order chi connectivity index (χ1) is 13.0. The van der Waals surface area contributed by atoms with Crippen LogP contribution >= 0.6 is 0 Å². The molecule has 2 aromatic rings. The second-order valence-corrected chi connectivity index (χ2v) is 6.17. The Bertz CT molecular complexity index is 762. The van der Waals surface area contributed by atoms with Crippen LogP contribution in [0, 0.1) is 0 Å². The van der Waals surface area contributed by atoms with Crippen molar-refractivity contribution in [1.82, 2.24) is 5.32 Å². The van der Waals surface area contributed by atoms with E-state index in [4.69, 9.17) is 9.47 Å². The van der Waals surface area contributed by atoms with E-state index in [1.165, 1.54) is 14.0 Å². The summed E-state index contributed by atoms with van der Waals surface area (Å²) in [5.41, 5.74) is 1.68. The Balaban J connectivity index is 1.72. The van der Waals surface area contributed by atoms with Gasteiger partial charge in [-0.05, 0) is 43.7 Å². The van der Waals surface area contributed by atoms with Gasteiger partial charge in [0, 0.05) is 31.4 Å². The maximum Gasteiger partial charge on any atom is 0.257 e. The molecule has 0 heterocycles. The van der Waals surface area contributed by atoms with Crippen molar-refractivity contribution in [2.45, 2.75) is 13.3 Å². The number of Topliss-reactive ketones (excluding diaryl/α,β-unsaturated/α-hetero) is 1. The molecular weight excluding hydrogens is 344 g/mol. The highest BCUT2D eigenvalue weighted by Gasteiger charge is 2.10. The van der Waals surface area contributed by atoms with Crippen molar-refractivity contribution >= 4 is 17.4 Å². The van der Waals surface area contributed by atoms with Crippen molar-refractivity contribution in [3.8, 4) is 11.5 Å². The first-order valence-corrected chi connectivity index (χ1v) is 8.86. The van der Waals surface area contributed by atoms with Crippen LogP contribution in [0.5, 0.6) is 11.5 Å². The highest BCUT2D eigenvalue weighted by molar-refractivity contribution is 5.94. The van der Waals surface area contributed by atoms with Crippen LogP contribution in [0.2, 0.25) is 0 Å².